The smallest absolute Gasteiger partial charge is 0.145 e. The largest absolute Gasteiger partial charge is 0.469 e. The highest BCUT2D eigenvalue weighted by Gasteiger charge is 2.29. The van der Waals surface area contributed by atoms with Crippen LogP contribution in [0.5, 0.6) is 0 Å². The molecule has 1 N–H and O–H groups in total. The van der Waals surface area contributed by atoms with Crippen molar-refractivity contribution < 1.29 is 13.7 Å². The molecule has 0 aromatic carbocycles. The second-order valence-electron chi connectivity index (χ2n) is 5.51. The number of aryl methyl sites for hydroxylation is 1. The number of hydrogen-bond donors (Lipinski definition) is 1. The normalized spacial score (nSPS) is 24.0. The Labute approximate surface area is 110 Å². The molecule has 1 aromatic heterocycles. The summed E-state index contributed by atoms with van der Waals surface area (Å²) < 4.78 is 21.5. The van der Waals surface area contributed by atoms with Crippen molar-refractivity contribution in [3.05, 3.63) is 23.7 Å². The zero-order valence-corrected chi connectivity index (χ0v) is 11.8. The molecule has 0 fully saturated rings. The number of furan rings is 1. The fourth-order valence-corrected chi connectivity index (χ4v) is 2.65. The number of hydrogen-bond acceptors (Lipinski definition) is 3. The lowest BCUT2D eigenvalue weighted by molar-refractivity contribution is 0.251. The van der Waals surface area contributed by atoms with E-state index in [2.05, 4.69) is 4.40 Å². The van der Waals surface area contributed by atoms with Crippen molar-refractivity contribution in [3.8, 4) is 0 Å². The van der Waals surface area contributed by atoms with Crippen LogP contribution in [0.2, 0.25) is 0 Å². The average Bonchev–Trinajstić information content (AvgIpc) is 2.76. The van der Waals surface area contributed by atoms with Crippen LogP contribution in [0.15, 0.2) is 21.1 Å². The van der Waals surface area contributed by atoms with Crippen molar-refractivity contribution in [2.24, 2.45) is 10.3 Å². The van der Waals surface area contributed by atoms with Crippen LogP contribution >= 0.6 is 0 Å². The third-order valence-electron chi connectivity index (χ3n) is 3.05. The van der Waals surface area contributed by atoms with E-state index in [-0.39, 0.29) is 12.5 Å². The van der Waals surface area contributed by atoms with E-state index in [0.29, 0.717) is 0 Å². The monoisotopic (exact) mass is 269 g/mol. The van der Waals surface area contributed by atoms with Gasteiger partial charge in [0, 0.05) is 17.9 Å². The van der Waals surface area contributed by atoms with Gasteiger partial charge in [-0.1, -0.05) is 0 Å². The van der Waals surface area contributed by atoms with Crippen molar-refractivity contribution in [1.29, 1.82) is 0 Å². The molecule has 0 amide bonds. The fraction of sp³-hybridized carbons (Fsp3) is 0.615. The summed E-state index contributed by atoms with van der Waals surface area (Å²) in [5.41, 5.74) is 1.62. The Morgan fingerprint density at radius 1 is 1.56 bits per heavy atom. The third-order valence-corrected chi connectivity index (χ3v) is 4.46. The lowest BCUT2D eigenvalue weighted by Crippen LogP contribution is -2.28. The van der Waals surface area contributed by atoms with Gasteiger partial charge < -0.3 is 9.52 Å². The van der Waals surface area contributed by atoms with Gasteiger partial charge in [0.25, 0.3) is 0 Å². The van der Waals surface area contributed by atoms with Gasteiger partial charge in [-0.3, -0.25) is 0 Å². The number of fused-ring (bicyclic) bond motifs is 1. The quantitative estimate of drug-likeness (QED) is 0.894. The summed E-state index contributed by atoms with van der Waals surface area (Å²) in [6, 6.07) is 1.84. The van der Waals surface area contributed by atoms with Gasteiger partial charge in [0.05, 0.1) is 23.3 Å². The Morgan fingerprint density at radius 2 is 2.28 bits per heavy atom. The van der Waals surface area contributed by atoms with E-state index in [1.165, 1.54) is 0 Å². The van der Waals surface area contributed by atoms with E-state index >= 15 is 0 Å². The molecule has 0 aliphatic heterocycles. The average molecular weight is 269 g/mol. The second-order valence-corrected chi connectivity index (χ2v) is 7.42. The number of rotatable bonds is 2. The second kappa shape index (κ2) is 4.97. The molecule has 0 saturated heterocycles. The molecule has 0 radical (unpaired) electrons. The topological polar surface area (TPSA) is 62.8 Å². The molecular formula is C13H19NO3S. The number of aliphatic hydroxyl groups excluding tert-OH is 1. The fourth-order valence-electron chi connectivity index (χ4n) is 1.95. The summed E-state index contributed by atoms with van der Waals surface area (Å²) in [6.45, 7) is 5.70. The van der Waals surface area contributed by atoms with Crippen LogP contribution in [0.1, 0.15) is 38.5 Å². The number of nitrogens with zero attached hydrogens (tertiary/aromatic N) is 1. The molecule has 18 heavy (non-hydrogen) atoms. The summed E-state index contributed by atoms with van der Waals surface area (Å²) in [5.74, 6) is 0.839. The standard InChI is InChI=1S/C13H19NO3S/c1-13(2,3)18(16)14-12-9(8-15)4-5-11-10(12)6-7-17-11/h6-7,9,15H,4-5,8H2,1-3H3/b14-12+/t9-,18?/m0/s1. The van der Waals surface area contributed by atoms with Crippen LogP contribution in [-0.4, -0.2) is 26.4 Å². The summed E-state index contributed by atoms with van der Waals surface area (Å²) >= 11 is 0. The first-order valence-electron chi connectivity index (χ1n) is 6.11. The van der Waals surface area contributed by atoms with Crippen LogP contribution in [0.4, 0.5) is 0 Å². The maximum Gasteiger partial charge on any atom is 0.145 e. The molecule has 0 bridgehead atoms. The number of aliphatic hydroxyl groups is 1. The molecular weight excluding hydrogens is 250 g/mol. The molecule has 2 rings (SSSR count). The minimum absolute atomic E-state index is 0.0325. The first-order valence-corrected chi connectivity index (χ1v) is 7.22. The van der Waals surface area contributed by atoms with Crippen LogP contribution < -0.4 is 0 Å². The molecule has 1 aliphatic rings. The predicted molar refractivity (Wildman–Crippen MR) is 72.0 cm³/mol. The predicted octanol–water partition coefficient (Wildman–Crippen LogP) is 2.09. The maximum absolute atomic E-state index is 12.1. The molecule has 1 unspecified atom stereocenters. The molecule has 2 atom stereocenters. The van der Waals surface area contributed by atoms with Gasteiger partial charge in [-0.05, 0) is 33.3 Å². The van der Waals surface area contributed by atoms with E-state index in [1.807, 2.05) is 26.8 Å². The molecule has 1 aliphatic carbocycles. The van der Waals surface area contributed by atoms with Gasteiger partial charge in [0.15, 0.2) is 0 Å². The summed E-state index contributed by atoms with van der Waals surface area (Å²) in [6.07, 6.45) is 3.21. The van der Waals surface area contributed by atoms with Crippen molar-refractivity contribution in [2.45, 2.75) is 38.4 Å². The van der Waals surface area contributed by atoms with E-state index in [0.717, 1.165) is 29.9 Å². The Kier molecular flexibility index (Phi) is 3.73. The summed E-state index contributed by atoms with van der Waals surface area (Å²) in [7, 11) is -1.31. The highest BCUT2D eigenvalue weighted by Crippen LogP contribution is 2.28. The van der Waals surface area contributed by atoms with Crippen molar-refractivity contribution in [3.63, 3.8) is 0 Å². The first kappa shape index (κ1) is 13.5. The van der Waals surface area contributed by atoms with Gasteiger partial charge in [-0.25, -0.2) is 4.21 Å². The molecule has 1 aromatic rings. The van der Waals surface area contributed by atoms with Gasteiger partial charge in [-0.2, -0.15) is 4.40 Å². The van der Waals surface area contributed by atoms with Crippen molar-refractivity contribution in [1.82, 2.24) is 0 Å². The molecule has 0 saturated carbocycles. The maximum atomic E-state index is 12.1. The van der Waals surface area contributed by atoms with Gasteiger partial charge in [-0.15, -0.1) is 0 Å². The van der Waals surface area contributed by atoms with Gasteiger partial charge in [0.2, 0.25) is 0 Å². The lowest BCUT2D eigenvalue weighted by Gasteiger charge is -2.23. The van der Waals surface area contributed by atoms with E-state index < -0.39 is 15.7 Å². The third kappa shape index (κ3) is 2.57. The zero-order chi connectivity index (χ0) is 13.3. The summed E-state index contributed by atoms with van der Waals surface area (Å²) in [5, 5.41) is 9.43. The Balaban J connectivity index is 2.41. The van der Waals surface area contributed by atoms with Crippen molar-refractivity contribution in [2.75, 3.05) is 6.61 Å². The molecule has 5 heteroatoms. The highest BCUT2D eigenvalue weighted by atomic mass is 32.2. The highest BCUT2D eigenvalue weighted by molar-refractivity contribution is 7.85. The summed E-state index contributed by atoms with van der Waals surface area (Å²) in [4.78, 5) is 0. The molecule has 0 spiro atoms. The van der Waals surface area contributed by atoms with Crippen LogP contribution in [0, 0.1) is 5.92 Å². The van der Waals surface area contributed by atoms with Crippen LogP contribution in [-0.2, 0) is 17.4 Å². The molecule has 1 heterocycles. The van der Waals surface area contributed by atoms with Gasteiger partial charge in [0.1, 0.15) is 16.7 Å². The zero-order valence-electron chi connectivity index (χ0n) is 11.0. The van der Waals surface area contributed by atoms with E-state index in [1.54, 1.807) is 6.26 Å². The SMILES string of the molecule is CC(C)(C)S(=O)/N=C1/c2ccoc2CC[C@H]1CO. The first-order chi connectivity index (χ1) is 8.43. The van der Waals surface area contributed by atoms with Crippen LogP contribution in [0.25, 0.3) is 0 Å². The van der Waals surface area contributed by atoms with Gasteiger partial charge >= 0.3 is 0 Å². The van der Waals surface area contributed by atoms with E-state index in [9.17, 15) is 9.32 Å². The minimum atomic E-state index is -1.31. The molecule has 4 nitrogen and oxygen atoms in total. The Morgan fingerprint density at radius 3 is 2.89 bits per heavy atom. The van der Waals surface area contributed by atoms with E-state index in [4.69, 9.17) is 4.42 Å². The molecule has 100 valence electrons. The lowest BCUT2D eigenvalue weighted by atomic mass is 9.87. The Bertz CT molecular complexity index is 485. The van der Waals surface area contributed by atoms with Crippen molar-refractivity contribution >= 4 is 16.7 Å². The minimum Gasteiger partial charge on any atom is -0.469 e. The van der Waals surface area contributed by atoms with Crippen LogP contribution in [0.3, 0.4) is 0 Å². The Hall–Kier alpha value is -0.940.